The molecule has 0 aliphatic rings. The van der Waals surface area contributed by atoms with Crippen LogP contribution in [-0.2, 0) is 9.47 Å². The zero-order valence-electron chi connectivity index (χ0n) is 7.51. The van der Waals surface area contributed by atoms with Crippen LogP contribution in [0.3, 0.4) is 0 Å². The molecule has 0 bridgehead atoms. The molecule has 0 saturated heterocycles. The summed E-state index contributed by atoms with van der Waals surface area (Å²) in [6, 6.07) is 0. The molecule has 0 saturated carbocycles. The van der Waals surface area contributed by atoms with E-state index in [9.17, 15) is 0 Å². The second-order valence-electron chi connectivity index (χ2n) is 2.34. The lowest BCUT2D eigenvalue weighted by Crippen LogP contribution is -1.96. The van der Waals surface area contributed by atoms with E-state index in [0.29, 0.717) is 0 Å². The molecule has 0 heterocycles. The number of hydrogen-bond acceptors (Lipinski definition) is 2. The van der Waals surface area contributed by atoms with Crippen LogP contribution in [0.4, 0.5) is 0 Å². The van der Waals surface area contributed by atoms with Gasteiger partial charge in [0.15, 0.2) is 0 Å². The van der Waals surface area contributed by atoms with Crippen molar-refractivity contribution in [3.8, 4) is 0 Å². The lowest BCUT2D eigenvalue weighted by Gasteiger charge is -1.99. The summed E-state index contributed by atoms with van der Waals surface area (Å²) in [7, 11) is 1.72. The lowest BCUT2D eigenvalue weighted by atomic mass is 10.3. The largest absolute Gasteiger partial charge is 0.385 e. The highest BCUT2D eigenvalue weighted by atomic mass is 16.5. The molecule has 0 unspecified atom stereocenters. The highest BCUT2D eigenvalue weighted by Gasteiger charge is 1.86. The molecule has 0 radical (unpaired) electrons. The Morgan fingerprint density at radius 3 is 2.55 bits per heavy atom. The third-order valence-electron chi connectivity index (χ3n) is 1.34. The van der Waals surface area contributed by atoms with Gasteiger partial charge in [0.25, 0.3) is 0 Å². The van der Waals surface area contributed by atoms with E-state index in [-0.39, 0.29) is 0 Å². The van der Waals surface area contributed by atoms with Gasteiger partial charge in [-0.2, -0.15) is 0 Å². The van der Waals surface area contributed by atoms with Gasteiger partial charge in [0.2, 0.25) is 0 Å². The molecule has 0 amide bonds. The third kappa shape index (κ3) is 9.66. The molecular weight excluding hydrogens is 140 g/mol. The monoisotopic (exact) mass is 158 g/mol. The Balaban J connectivity index is 2.79. The summed E-state index contributed by atoms with van der Waals surface area (Å²) in [5, 5.41) is 0. The second kappa shape index (κ2) is 9.66. The maximum atomic E-state index is 5.28. The van der Waals surface area contributed by atoms with Gasteiger partial charge in [-0.3, -0.25) is 0 Å². The van der Waals surface area contributed by atoms with Gasteiger partial charge in [-0.15, -0.1) is 0 Å². The SMILES string of the molecule is C/C=C/COCCCCOC. The van der Waals surface area contributed by atoms with Crippen LogP contribution >= 0.6 is 0 Å². The van der Waals surface area contributed by atoms with Crippen LogP contribution in [0.5, 0.6) is 0 Å². The van der Waals surface area contributed by atoms with E-state index in [1.54, 1.807) is 7.11 Å². The maximum Gasteiger partial charge on any atom is 0.0647 e. The van der Waals surface area contributed by atoms with Gasteiger partial charge in [0.05, 0.1) is 6.61 Å². The normalized spacial score (nSPS) is 11.1. The molecule has 66 valence electrons. The number of hydrogen-bond donors (Lipinski definition) is 0. The second-order valence-corrected chi connectivity index (χ2v) is 2.34. The first-order valence-corrected chi connectivity index (χ1v) is 4.09. The fourth-order valence-corrected chi connectivity index (χ4v) is 0.698. The van der Waals surface area contributed by atoms with Crippen molar-refractivity contribution in [2.45, 2.75) is 19.8 Å². The van der Waals surface area contributed by atoms with Crippen LogP contribution in [0.15, 0.2) is 12.2 Å². The fourth-order valence-electron chi connectivity index (χ4n) is 0.698. The molecule has 0 fully saturated rings. The van der Waals surface area contributed by atoms with Crippen molar-refractivity contribution in [2.75, 3.05) is 26.9 Å². The number of methoxy groups -OCH3 is 1. The van der Waals surface area contributed by atoms with Crippen molar-refractivity contribution >= 4 is 0 Å². The summed E-state index contributed by atoms with van der Waals surface area (Å²) >= 11 is 0. The molecule has 11 heavy (non-hydrogen) atoms. The molecule has 0 rings (SSSR count). The summed E-state index contributed by atoms with van der Waals surface area (Å²) in [6.07, 6.45) is 6.18. The molecule has 2 heteroatoms. The van der Waals surface area contributed by atoms with Crippen molar-refractivity contribution in [3.05, 3.63) is 12.2 Å². The predicted molar refractivity (Wildman–Crippen MR) is 46.7 cm³/mol. The molecule has 0 aromatic carbocycles. The Labute approximate surface area is 69.2 Å². The molecule has 2 nitrogen and oxygen atoms in total. The van der Waals surface area contributed by atoms with Gasteiger partial charge in [0, 0.05) is 20.3 Å². The van der Waals surface area contributed by atoms with Gasteiger partial charge >= 0.3 is 0 Å². The number of allylic oxidation sites excluding steroid dienone is 1. The Morgan fingerprint density at radius 2 is 1.91 bits per heavy atom. The van der Waals surface area contributed by atoms with Crippen LogP contribution < -0.4 is 0 Å². The smallest absolute Gasteiger partial charge is 0.0647 e. The molecule has 0 aliphatic carbocycles. The van der Waals surface area contributed by atoms with Crippen LogP contribution in [0.1, 0.15) is 19.8 Å². The highest BCUT2D eigenvalue weighted by molar-refractivity contribution is 4.75. The average Bonchev–Trinajstić information content (AvgIpc) is 2.03. The first kappa shape index (κ1) is 10.7. The van der Waals surface area contributed by atoms with Gasteiger partial charge in [-0.25, -0.2) is 0 Å². The minimum Gasteiger partial charge on any atom is -0.385 e. The number of ether oxygens (including phenoxy) is 2. The fraction of sp³-hybridized carbons (Fsp3) is 0.778. The van der Waals surface area contributed by atoms with Gasteiger partial charge in [0.1, 0.15) is 0 Å². The van der Waals surface area contributed by atoms with E-state index in [1.165, 1.54) is 0 Å². The summed E-state index contributed by atoms with van der Waals surface area (Å²) in [6.45, 7) is 4.42. The van der Waals surface area contributed by atoms with Crippen LogP contribution in [0, 0.1) is 0 Å². The number of unbranched alkanes of at least 4 members (excludes halogenated alkanes) is 1. The van der Waals surface area contributed by atoms with E-state index in [2.05, 4.69) is 0 Å². The topological polar surface area (TPSA) is 18.5 Å². The standard InChI is InChI=1S/C9H18O2/c1-3-4-8-11-9-6-5-7-10-2/h3-4H,5-9H2,1-2H3/b4-3+. The molecule has 0 N–H and O–H groups in total. The Morgan fingerprint density at radius 1 is 1.18 bits per heavy atom. The summed E-state index contributed by atoms with van der Waals surface area (Å²) < 4.78 is 10.2. The Bertz CT molecular complexity index is 89.6. The first-order chi connectivity index (χ1) is 5.41. The number of rotatable bonds is 7. The molecular formula is C9H18O2. The van der Waals surface area contributed by atoms with Gasteiger partial charge in [-0.1, -0.05) is 12.2 Å². The van der Waals surface area contributed by atoms with Crippen molar-refractivity contribution in [3.63, 3.8) is 0 Å². The highest BCUT2D eigenvalue weighted by Crippen LogP contribution is 1.90. The first-order valence-electron chi connectivity index (χ1n) is 4.09. The van der Waals surface area contributed by atoms with Gasteiger partial charge < -0.3 is 9.47 Å². The van der Waals surface area contributed by atoms with Crippen molar-refractivity contribution < 1.29 is 9.47 Å². The van der Waals surface area contributed by atoms with E-state index in [1.807, 2.05) is 19.1 Å². The summed E-state index contributed by atoms with van der Waals surface area (Å²) in [5.41, 5.74) is 0. The zero-order valence-corrected chi connectivity index (χ0v) is 7.51. The van der Waals surface area contributed by atoms with E-state index >= 15 is 0 Å². The minimum atomic E-state index is 0.740. The molecule has 0 aliphatic heterocycles. The van der Waals surface area contributed by atoms with E-state index in [0.717, 1.165) is 32.7 Å². The van der Waals surface area contributed by atoms with Crippen LogP contribution in [0.2, 0.25) is 0 Å². The quantitative estimate of drug-likeness (QED) is 0.417. The predicted octanol–water partition coefficient (Wildman–Crippen LogP) is 2.01. The maximum absolute atomic E-state index is 5.28. The van der Waals surface area contributed by atoms with E-state index in [4.69, 9.17) is 9.47 Å². The van der Waals surface area contributed by atoms with Crippen molar-refractivity contribution in [2.24, 2.45) is 0 Å². The third-order valence-corrected chi connectivity index (χ3v) is 1.34. The minimum absolute atomic E-state index is 0.740. The summed E-state index contributed by atoms with van der Waals surface area (Å²) in [5.74, 6) is 0. The molecule has 0 aromatic rings. The zero-order chi connectivity index (χ0) is 8.36. The molecule has 0 atom stereocenters. The van der Waals surface area contributed by atoms with Crippen LogP contribution in [-0.4, -0.2) is 26.9 Å². The van der Waals surface area contributed by atoms with Gasteiger partial charge in [-0.05, 0) is 19.8 Å². The Kier molecular flexibility index (Phi) is 9.36. The van der Waals surface area contributed by atoms with Crippen molar-refractivity contribution in [1.82, 2.24) is 0 Å². The average molecular weight is 158 g/mol. The lowest BCUT2D eigenvalue weighted by molar-refractivity contribution is 0.139. The van der Waals surface area contributed by atoms with E-state index < -0.39 is 0 Å². The molecule has 0 aromatic heterocycles. The van der Waals surface area contributed by atoms with Crippen molar-refractivity contribution in [1.29, 1.82) is 0 Å². The summed E-state index contributed by atoms with van der Waals surface area (Å²) in [4.78, 5) is 0. The van der Waals surface area contributed by atoms with Crippen LogP contribution in [0.25, 0.3) is 0 Å². The Hall–Kier alpha value is -0.340. The molecule has 0 spiro atoms.